The summed E-state index contributed by atoms with van der Waals surface area (Å²) in [6.07, 6.45) is 1.16. The number of nitrogens with one attached hydrogen (secondary N) is 1. The molecule has 0 saturated heterocycles. The number of aryl methyl sites for hydroxylation is 2. The predicted octanol–water partition coefficient (Wildman–Crippen LogP) is 5.28. The average Bonchev–Trinajstić information content (AvgIpc) is 2.87. The quantitative estimate of drug-likeness (QED) is 0.778. The molecule has 0 amide bonds. The van der Waals surface area contributed by atoms with E-state index in [-0.39, 0.29) is 0 Å². The molecule has 0 aliphatic carbocycles. The zero-order valence-corrected chi connectivity index (χ0v) is 14.1. The molecular formula is C14H18BrNS2. The van der Waals surface area contributed by atoms with Crippen LogP contribution in [0.15, 0.2) is 22.0 Å². The normalized spacial score (nSPS) is 12.9. The lowest BCUT2D eigenvalue weighted by molar-refractivity contribution is 0.605. The van der Waals surface area contributed by atoms with Gasteiger partial charge in [0.15, 0.2) is 0 Å². The fourth-order valence-electron chi connectivity index (χ4n) is 2.07. The van der Waals surface area contributed by atoms with Gasteiger partial charge in [-0.2, -0.15) is 0 Å². The maximum Gasteiger partial charge on any atom is 0.0702 e. The smallest absolute Gasteiger partial charge is 0.0702 e. The van der Waals surface area contributed by atoms with E-state index in [1.54, 1.807) is 0 Å². The molecule has 0 aliphatic heterocycles. The molecule has 1 atom stereocenters. The van der Waals surface area contributed by atoms with Crippen LogP contribution in [-0.2, 0) is 0 Å². The molecule has 0 aliphatic rings. The van der Waals surface area contributed by atoms with Gasteiger partial charge in [-0.25, -0.2) is 0 Å². The summed E-state index contributed by atoms with van der Waals surface area (Å²) in [5.74, 6) is 0. The second-order valence-corrected chi connectivity index (χ2v) is 8.35. The highest BCUT2D eigenvalue weighted by molar-refractivity contribution is 9.11. The summed E-state index contributed by atoms with van der Waals surface area (Å²) >= 11 is 7.26. The number of rotatable bonds is 5. The third kappa shape index (κ3) is 3.23. The number of thiophene rings is 2. The van der Waals surface area contributed by atoms with E-state index >= 15 is 0 Å². The predicted molar refractivity (Wildman–Crippen MR) is 85.9 cm³/mol. The Morgan fingerprint density at radius 3 is 2.56 bits per heavy atom. The van der Waals surface area contributed by atoms with Gasteiger partial charge in [-0.15, -0.1) is 22.7 Å². The van der Waals surface area contributed by atoms with Crippen molar-refractivity contribution in [2.24, 2.45) is 0 Å². The molecule has 1 N–H and O–H groups in total. The van der Waals surface area contributed by atoms with Crippen LogP contribution in [0.1, 0.15) is 39.6 Å². The Bertz CT molecular complexity index is 516. The molecule has 0 spiro atoms. The van der Waals surface area contributed by atoms with Crippen molar-refractivity contribution < 1.29 is 0 Å². The van der Waals surface area contributed by atoms with Crippen LogP contribution in [0, 0.1) is 13.8 Å². The molecule has 1 unspecified atom stereocenters. The van der Waals surface area contributed by atoms with Crippen LogP contribution >= 0.6 is 38.6 Å². The van der Waals surface area contributed by atoms with Crippen molar-refractivity contribution in [3.8, 4) is 0 Å². The largest absolute Gasteiger partial charge is 0.306 e. The van der Waals surface area contributed by atoms with Crippen LogP contribution in [-0.4, -0.2) is 6.54 Å². The van der Waals surface area contributed by atoms with Crippen molar-refractivity contribution in [3.05, 3.63) is 42.2 Å². The van der Waals surface area contributed by atoms with Crippen LogP contribution < -0.4 is 5.32 Å². The molecule has 4 heteroatoms. The molecule has 0 radical (unpaired) electrons. The highest BCUT2D eigenvalue weighted by Gasteiger charge is 2.18. The van der Waals surface area contributed by atoms with Crippen molar-refractivity contribution in [2.75, 3.05) is 6.54 Å². The highest BCUT2D eigenvalue weighted by Crippen LogP contribution is 2.35. The van der Waals surface area contributed by atoms with Crippen molar-refractivity contribution >= 4 is 38.6 Å². The Labute approximate surface area is 125 Å². The van der Waals surface area contributed by atoms with Crippen LogP contribution in [0.2, 0.25) is 0 Å². The van der Waals surface area contributed by atoms with Crippen molar-refractivity contribution in [3.63, 3.8) is 0 Å². The van der Waals surface area contributed by atoms with E-state index in [1.165, 1.54) is 24.0 Å². The summed E-state index contributed by atoms with van der Waals surface area (Å²) in [7, 11) is 0. The second kappa shape index (κ2) is 6.33. The lowest BCUT2D eigenvalue weighted by Gasteiger charge is -2.17. The minimum Gasteiger partial charge on any atom is -0.306 e. The molecule has 2 aromatic heterocycles. The standard InChI is InChI=1S/C14H18BrNS2/c1-4-7-16-14(12-5-6-13(15)18-12)11-8-9(2)17-10(11)3/h5-6,8,14,16H,4,7H2,1-3H3. The average molecular weight is 344 g/mol. The summed E-state index contributed by atoms with van der Waals surface area (Å²) in [4.78, 5) is 4.20. The fraction of sp³-hybridized carbons (Fsp3) is 0.429. The number of hydrogen-bond acceptors (Lipinski definition) is 3. The topological polar surface area (TPSA) is 12.0 Å². The molecule has 0 fully saturated rings. The summed E-state index contributed by atoms with van der Waals surface area (Å²) in [6.45, 7) is 7.66. The van der Waals surface area contributed by atoms with E-state index in [4.69, 9.17) is 0 Å². The lowest BCUT2D eigenvalue weighted by Crippen LogP contribution is -2.22. The fourth-order valence-corrected chi connectivity index (χ4v) is 4.55. The summed E-state index contributed by atoms with van der Waals surface area (Å²) < 4.78 is 1.20. The van der Waals surface area contributed by atoms with Gasteiger partial charge in [-0.1, -0.05) is 6.92 Å². The first-order valence-corrected chi connectivity index (χ1v) is 8.60. The minimum absolute atomic E-state index is 0.339. The first kappa shape index (κ1) is 14.3. The number of hydrogen-bond donors (Lipinski definition) is 1. The molecule has 0 bridgehead atoms. The molecule has 0 aromatic carbocycles. The lowest BCUT2D eigenvalue weighted by atomic mass is 10.1. The minimum atomic E-state index is 0.339. The Balaban J connectivity index is 2.33. The van der Waals surface area contributed by atoms with Crippen molar-refractivity contribution in [1.29, 1.82) is 0 Å². The van der Waals surface area contributed by atoms with Gasteiger partial charge in [0, 0.05) is 14.6 Å². The van der Waals surface area contributed by atoms with Gasteiger partial charge >= 0.3 is 0 Å². The van der Waals surface area contributed by atoms with Gasteiger partial charge in [-0.3, -0.25) is 0 Å². The van der Waals surface area contributed by atoms with Crippen LogP contribution in [0.25, 0.3) is 0 Å². The van der Waals surface area contributed by atoms with Gasteiger partial charge in [0.05, 0.1) is 9.83 Å². The van der Waals surface area contributed by atoms with Crippen LogP contribution in [0.5, 0.6) is 0 Å². The molecule has 98 valence electrons. The van der Waals surface area contributed by atoms with Gasteiger partial charge in [0.2, 0.25) is 0 Å². The van der Waals surface area contributed by atoms with Crippen LogP contribution in [0.3, 0.4) is 0 Å². The van der Waals surface area contributed by atoms with Gasteiger partial charge < -0.3 is 5.32 Å². The molecule has 1 nitrogen and oxygen atoms in total. The molecule has 2 rings (SSSR count). The second-order valence-electron chi connectivity index (χ2n) is 4.40. The Hall–Kier alpha value is -0.160. The molecular weight excluding hydrogens is 326 g/mol. The Morgan fingerprint density at radius 1 is 1.28 bits per heavy atom. The van der Waals surface area contributed by atoms with E-state index in [1.807, 2.05) is 22.7 Å². The third-order valence-electron chi connectivity index (χ3n) is 2.87. The first-order chi connectivity index (χ1) is 8.61. The number of halogens is 1. The summed E-state index contributed by atoms with van der Waals surface area (Å²) in [6, 6.07) is 7.01. The zero-order chi connectivity index (χ0) is 13.1. The maximum absolute atomic E-state index is 3.67. The van der Waals surface area contributed by atoms with Gasteiger partial charge in [0.1, 0.15) is 0 Å². The molecule has 2 heterocycles. The summed E-state index contributed by atoms with van der Waals surface area (Å²) in [5.41, 5.74) is 1.43. The maximum atomic E-state index is 3.67. The van der Waals surface area contributed by atoms with Crippen molar-refractivity contribution in [1.82, 2.24) is 5.32 Å². The zero-order valence-electron chi connectivity index (χ0n) is 10.9. The Morgan fingerprint density at radius 2 is 2.06 bits per heavy atom. The van der Waals surface area contributed by atoms with E-state index in [0.29, 0.717) is 6.04 Å². The monoisotopic (exact) mass is 343 g/mol. The third-order valence-corrected chi connectivity index (χ3v) is 5.54. The van der Waals surface area contributed by atoms with Gasteiger partial charge in [-0.05, 0) is 66.5 Å². The molecule has 18 heavy (non-hydrogen) atoms. The van der Waals surface area contributed by atoms with E-state index in [0.717, 1.165) is 13.0 Å². The van der Waals surface area contributed by atoms with E-state index in [2.05, 4.69) is 60.2 Å². The summed E-state index contributed by atoms with van der Waals surface area (Å²) in [5, 5.41) is 3.67. The van der Waals surface area contributed by atoms with Crippen LogP contribution in [0.4, 0.5) is 0 Å². The highest BCUT2D eigenvalue weighted by atomic mass is 79.9. The van der Waals surface area contributed by atoms with E-state index in [9.17, 15) is 0 Å². The molecule has 2 aromatic rings. The van der Waals surface area contributed by atoms with Crippen molar-refractivity contribution in [2.45, 2.75) is 33.2 Å². The molecule has 0 saturated carbocycles. The van der Waals surface area contributed by atoms with Gasteiger partial charge in [0.25, 0.3) is 0 Å². The Kier molecular flexibility index (Phi) is 5.01. The SMILES string of the molecule is CCCNC(c1ccc(Br)s1)c1cc(C)sc1C. The van der Waals surface area contributed by atoms with E-state index < -0.39 is 0 Å². The first-order valence-electron chi connectivity index (χ1n) is 6.17.